The Labute approximate surface area is 199 Å². The molecule has 5 rings (SSSR count). The van der Waals surface area contributed by atoms with Crippen LogP contribution in [-0.4, -0.2) is 43.3 Å². The summed E-state index contributed by atoms with van der Waals surface area (Å²) < 4.78 is 21.9. The highest BCUT2D eigenvalue weighted by molar-refractivity contribution is 5.95. The predicted molar refractivity (Wildman–Crippen MR) is 124 cm³/mol. The van der Waals surface area contributed by atoms with Gasteiger partial charge < -0.3 is 29.2 Å². The quantitative estimate of drug-likeness (QED) is 0.626. The van der Waals surface area contributed by atoms with Crippen LogP contribution in [0.3, 0.4) is 0 Å². The van der Waals surface area contributed by atoms with Crippen molar-refractivity contribution >= 4 is 11.8 Å². The smallest absolute Gasteiger partial charge is 0.246 e. The van der Waals surface area contributed by atoms with Crippen molar-refractivity contribution in [2.45, 2.75) is 56.7 Å². The first kappa shape index (κ1) is 22.4. The van der Waals surface area contributed by atoms with E-state index in [9.17, 15) is 9.59 Å². The van der Waals surface area contributed by atoms with E-state index in [1.54, 1.807) is 14.2 Å². The Hall–Kier alpha value is -3.42. The number of β-lactam (4-membered cyclic amide) rings is 1. The van der Waals surface area contributed by atoms with E-state index >= 15 is 0 Å². The molecule has 2 fully saturated rings. The van der Waals surface area contributed by atoms with Crippen molar-refractivity contribution in [1.82, 2.24) is 10.2 Å². The Morgan fingerprint density at radius 2 is 1.88 bits per heavy atom. The van der Waals surface area contributed by atoms with E-state index in [2.05, 4.69) is 5.32 Å². The van der Waals surface area contributed by atoms with Crippen molar-refractivity contribution in [1.29, 1.82) is 0 Å². The van der Waals surface area contributed by atoms with Crippen LogP contribution in [0.25, 0.3) is 0 Å². The second kappa shape index (κ2) is 9.08. The standard InChI is InChI=1S/C26H30N2O6/c1-31-21-8-6-7-18(24(21)32-2)15-27-25(30)26(11-4-3-5-12-26)28-19(14-23(28)29)17-9-10-20-22(13-17)34-16-33-20/h6-10,13,19H,3-5,11-12,14-16H2,1-2H3,(H,27,30). The molecule has 34 heavy (non-hydrogen) atoms. The zero-order valence-corrected chi connectivity index (χ0v) is 19.6. The molecule has 2 aromatic rings. The van der Waals surface area contributed by atoms with E-state index in [0.717, 1.165) is 30.4 Å². The Morgan fingerprint density at radius 3 is 2.62 bits per heavy atom. The molecule has 1 aliphatic carbocycles. The fraction of sp³-hybridized carbons (Fsp3) is 0.462. The summed E-state index contributed by atoms with van der Waals surface area (Å²) in [7, 11) is 3.17. The van der Waals surface area contributed by atoms with Crippen LogP contribution >= 0.6 is 0 Å². The predicted octanol–water partition coefficient (Wildman–Crippen LogP) is 3.73. The normalized spacial score (nSPS) is 20.5. The van der Waals surface area contributed by atoms with Crippen molar-refractivity contribution in [2.75, 3.05) is 21.0 Å². The second-order valence-corrected chi connectivity index (χ2v) is 9.02. The Balaban J connectivity index is 1.40. The van der Waals surface area contributed by atoms with Gasteiger partial charge in [0, 0.05) is 12.1 Å². The number of para-hydroxylation sites is 1. The highest BCUT2D eigenvalue weighted by atomic mass is 16.7. The van der Waals surface area contributed by atoms with Crippen molar-refractivity contribution < 1.29 is 28.5 Å². The molecule has 3 aliphatic rings. The van der Waals surface area contributed by atoms with Gasteiger partial charge in [-0.15, -0.1) is 0 Å². The van der Waals surface area contributed by atoms with Crippen LogP contribution < -0.4 is 24.3 Å². The Bertz CT molecular complexity index is 1090. The number of carbonyl (C=O) groups is 2. The minimum Gasteiger partial charge on any atom is -0.493 e. The zero-order valence-electron chi connectivity index (χ0n) is 19.6. The fourth-order valence-electron chi connectivity index (χ4n) is 5.49. The van der Waals surface area contributed by atoms with Crippen LogP contribution in [0.1, 0.15) is 55.7 Å². The minimum atomic E-state index is -0.860. The summed E-state index contributed by atoms with van der Waals surface area (Å²) in [4.78, 5) is 28.6. The molecule has 1 N–H and O–H groups in total. The number of nitrogens with zero attached hydrogens (tertiary/aromatic N) is 1. The summed E-state index contributed by atoms with van der Waals surface area (Å²) >= 11 is 0. The maximum Gasteiger partial charge on any atom is 0.246 e. The lowest BCUT2D eigenvalue weighted by atomic mass is 9.75. The number of likely N-dealkylation sites (tertiary alicyclic amines) is 1. The number of fused-ring (bicyclic) bond motifs is 1. The summed E-state index contributed by atoms with van der Waals surface area (Å²) in [5, 5.41) is 3.11. The van der Waals surface area contributed by atoms with E-state index in [1.165, 1.54) is 0 Å². The highest BCUT2D eigenvalue weighted by Crippen LogP contribution is 2.48. The number of carbonyl (C=O) groups excluding carboxylic acids is 2. The van der Waals surface area contributed by atoms with Gasteiger partial charge in [0.05, 0.1) is 26.7 Å². The first-order valence-corrected chi connectivity index (χ1v) is 11.8. The number of hydrogen-bond acceptors (Lipinski definition) is 6. The molecule has 180 valence electrons. The average Bonchev–Trinajstić information content (AvgIpc) is 3.33. The third kappa shape index (κ3) is 3.71. The van der Waals surface area contributed by atoms with Crippen LogP contribution in [0.2, 0.25) is 0 Å². The summed E-state index contributed by atoms with van der Waals surface area (Å²) in [6.45, 7) is 0.490. The van der Waals surface area contributed by atoms with Gasteiger partial charge in [-0.2, -0.15) is 0 Å². The van der Waals surface area contributed by atoms with E-state index < -0.39 is 5.54 Å². The molecule has 2 aliphatic heterocycles. The molecule has 0 spiro atoms. The summed E-state index contributed by atoms with van der Waals surface area (Å²) in [5.41, 5.74) is 0.931. The van der Waals surface area contributed by atoms with Crippen molar-refractivity contribution in [2.24, 2.45) is 0 Å². The monoisotopic (exact) mass is 466 g/mol. The molecule has 8 heteroatoms. The lowest BCUT2D eigenvalue weighted by Gasteiger charge is -2.54. The largest absolute Gasteiger partial charge is 0.493 e. The molecular formula is C26H30N2O6. The summed E-state index contributed by atoms with van der Waals surface area (Å²) in [6.07, 6.45) is 4.58. The topological polar surface area (TPSA) is 86.3 Å². The third-order valence-corrected chi connectivity index (χ3v) is 7.22. The average molecular weight is 467 g/mol. The van der Waals surface area contributed by atoms with E-state index in [0.29, 0.717) is 42.3 Å². The summed E-state index contributed by atoms with van der Waals surface area (Å²) in [5.74, 6) is 2.50. The molecule has 2 heterocycles. The zero-order chi connectivity index (χ0) is 23.7. The van der Waals surface area contributed by atoms with Crippen molar-refractivity contribution in [3.8, 4) is 23.0 Å². The van der Waals surface area contributed by atoms with Crippen LogP contribution in [0.5, 0.6) is 23.0 Å². The van der Waals surface area contributed by atoms with Crippen LogP contribution in [0, 0.1) is 0 Å². The molecule has 1 unspecified atom stereocenters. The van der Waals surface area contributed by atoms with Gasteiger partial charge in [-0.3, -0.25) is 9.59 Å². The maximum atomic E-state index is 13.8. The van der Waals surface area contributed by atoms with Crippen molar-refractivity contribution in [3.63, 3.8) is 0 Å². The molecule has 1 saturated heterocycles. The van der Waals surface area contributed by atoms with Gasteiger partial charge in [0.25, 0.3) is 0 Å². The number of hydrogen-bond donors (Lipinski definition) is 1. The molecular weight excluding hydrogens is 436 g/mol. The van der Waals surface area contributed by atoms with Gasteiger partial charge in [-0.05, 0) is 36.6 Å². The van der Waals surface area contributed by atoms with Gasteiger partial charge >= 0.3 is 0 Å². The van der Waals surface area contributed by atoms with Crippen molar-refractivity contribution in [3.05, 3.63) is 47.5 Å². The number of ether oxygens (including phenoxy) is 4. The molecule has 0 aromatic heterocycles. The van der Waals surface area contributed by atoms with Gasteiger partial charge in [0.15, 0.2) is 23.0 Å². The fourth-order valence-corrected chi connectivity index (χ4v) is 5.49. The van der Waals surface area contributed by atoms with E-state index in [1.807, 2.05) is 41.3 Å². The second-order valence-electron chi connectivity index (χ2n) is 9.02. The molecule has 2 amide bonds. The number of rotatable bonds is 7. The van der Waals surface area contributed by atoms with E-state index in [4.69, 9.17) is 18.9 Å². The number of amides is 2. The molecule has 2 aromatic carbocycles. The SMILES string of the molecule is COc1cccc(CNC(=O)C2(N3C(=O)CC3c3ccc4c(c3)OCO4)CCCCC2)c1OC. The first-order chi connectivity index (χ1) is 16.6. The summed E-state index contributed by atoms with van der Waals surface area (Å²) in [6, 6.07) is 11.2. The molecule has 8 nitrogen and oxygen atoms in total. The number of methoxy groups -OCH3 is 2. The van der Waals surface area contributed by atoms with Gasteiger partial charge in [0.2, 0.25) is 18.6 Å². The maximum absolute atomic E-state index is 13.8. The minimum absolute atomic E-state index is 0.0127. The van der Waals surface area contributed by atoms with Crippen LogP contribution in [0.4, 0.5) is 0 Å². The number of nitrogens with one attached hydrogen (secondary N) is 1. The lowest BCUT2D eigenvalue weighted by Crippen LogP contribution is -2.66. The van der Waals surface area contributed by atoms with Crippen LogP contribution in [0.15, 0.2) is 36.4 Å². The molecule has 1 atom stereocenters. The first-order valence-electron chi connectivity index (χ1n) is 11.8. The van der Waals surface area contributed by atoms with Crippen LogP contribution in [-0.2, 0) is 16.1 Å². The Morgan fingerprint density at radius 1 is 1.09 bits per heavy atom. The van der Waals surface area contributed by atoms with Gasteiger partial charge in [0.1, 0.15) is 5.54 Å². The lowest BCUT2D eigenvalue weighted by molar-refractivity contribution is -0.168. The molecule has 0 bridgehead atoms. The van der Waals surface area contributed by atoms with Gasteiger partial charge in [-0.25, -0.2) is 0 Å². The van der Waals surface area contributed by atoms with Gasteiger partial charge in [-0.1, -0.05) is 37.5 Å². The third-order valence-electron chi connectivity index (χ3n) is 7.22. The van der Waals surface area contributed by atoms with E-state index in [-0.39, 0.29) is 31.2 Å². The Kier molecular flexibility index (Phi) is 5.98. The highest BCUT2D eigenvalue weighted by Gasteiger charge is 2.54. The molecule has 0 radical (unpaired) electrons. The molecule has 1 saturated carbocycles. The number of benzene rings is 2.